The number of hydrogen-bond donors (Lipinski definition) is 0. The van der Waals surface area contributed by atoms with E-state index in [-0.39, 0.29) is 23.9 Å². The van der Waals surface area contributed by atoms with E-state index in [1.165, 1.54) is 23.1 Å². The topological polar surface area (TPSA) is 78.9 Å². The molecule has 210 valence electrons. The smallest absolute Gasteiger partial charge is 0.254 e. The summed E-state index contributed by atoms with van der Waals surface area (Å²) in [5.74, 6) is 0.515. The Hall–Kier alpha value is -4.79. The van der Waals surface area contributed by atoms with Gasteiger partial charge >= 0.3 is 0 Å². The average molecular weight is 554 g/mol. The third-order valence-corrected chi connectivity index (χ3v) is 7.17. The standard InChI is InChI=1S/C32H32FN5O3/c1-41-28-12-6-9-25(22-28)29-13-14-30(35-34-29)36-17-19-37(20-18-36)31(39)23-38(16-15-24-7-3-2-4-8-24)32(40)26-10-5-11-27(33)21-26/h2-14,21-22H,15-20,23H2,1H3. The second-order valence-electron chi connectivity index (χ2n) is 9.85. The summed E-state index contributed by atoms with van der Waals surface area (Å²) in [6.07, 6.45) is 0.591. The van der Waals surface area contributed by atoms with Gasteiger partial charge in [-0.3, -0.25) is 9.59 Å². The Kier molecular flexibility index (Phi) is 8.83. The number of carbonyl (C=O) groups is 2. The van der Waals surface area contributed by atoms with Gasteiger partial charge in [0.1, 0.15) is 18.1 Å². The zero-order valence-electron chi connectivity index (χ0n) is 22.9. The van der Waals surface area contributed by atoms with Gasteiger partial charge in [-0.2, -0.15) is 0 Å². The highest BCUT2D eigenvalue weighted by Gasteiger charge is 2.26. The minimum Gasteiger partial charge on any atom is -0.497 e. The number of ether oxygens (including phenoxy) is 1. The van der Waals surface area contributed by atoms with Crippen LogP contribution in [-0.2, 0) is 11.2 Å². The minimum absolute atomic E-state index is 0.0722. The monoisotopic (exact) mass is 553 g/mol. The van der Waals surface area contributed by atoms with Crippen LogP contribution < -0.4 is 9.64 Å². The number of benzene rings is 3. The average Bonchev–Trinajstić information content (AvgIpc) is 3.03. The molecule has 0 radical (unpaired) electrons. The van der Waals surface area contributed by atoms with Crippen LogP contribution in [0.3, 0.4) is 0 Å². The maximum Gasteiger partial charge on any atom is 0.254 e. The highest BCUT2D eigenvalue weighted by Crippen LogP contribution is 2.23. The Morgan fingerprint density at radius 1 is 0.878 bits per heavy atom. The Balaban J connectivity index is 1.20. The molecule has 1 aromatic heterocycles. The molecule has 0 unspecified atom stereocenters. The van der Waals surface area contributed by atoms with Crippen LogP contribution in [0.1, 0.15) is 15.9 Å². The summed E-state index contributed by atoms with van der Waals surface area (Å²) in [6, 6.07) is 26.9. The van der Waals surface area contributed by atoms with Gasteiger partial charge < -0.3 is 19.4 Å². The summed E-state index contributed by atoms with van der Waals surface area (Å²) in [7, 11) is 1.63. The number of amides is 2. The van der Waals surface area contributed by atoms with Crippen molar-refractivity contribution in [3.8, 4) is 17.0 Å². The fourth-order valence-corrected chi connectivity index (χ4v) is 4.84. The summed E-state index contributed by atoms with van der Waals surface area (Å²) >= 11 is 0. The summed E-state index contributed by atoms with van der Waals surface area (Å²) < 4.78 is 19.1. The fraction of sp³-hybridized carbons (Fsp3) is 0.250. The van der Waals surface area contributed by atoms with E-state index in [2.05, 4.69) is 15.1 Å². The van der Waals surface area contributed by atoms with Crippen LogP contribution in [0.25, 0.3) is 11.3 Å². The molecular weight excluding hydrogens is 521 g/mol. The van der Waals surface area contributed by atoms with Crippen LogP contribution in [-0.4, -0.2) is 78.2 Å². The lowest BCUT2D eigenvalue weighted by Crippen LogP contribution is -2.52. The molecule has 0 saturated carbocycles. The van der Waals surface area contributed by atoms with E-state index in [1.54, 1.807) is 18.1 Å². The van der Waals surface area contributed by atoms with E-state index < -0.39 is 5.82 Å². The molecule has 0 N–H and O–H groups in total. The Labute approximate surface area is 239 Å². The highest BCUT2D eigenvalue weighted by molar-refractivity contribution is 5.96. The van der Waals surface area contributed by atoms with E-state index in [9.17, 15) is 14.0 Å². The number of halogens is 1. The maximum absolute atomic E-state index is 13.8. The molecule has 5 rings (SSSR count). The normalized spacial score (nSPS) is 13.1. The van der Waals surface area contributed by atoms with Gasteiger partial charge in [-0.05, 0) is 54.4 Å². The fourth-order valence-electron chi connectivity index (χ4n) is 4.84. The molecule has 41 heavy (non-hydrogen) atoms. The molecule has 1 aliphatic rings. The number of rotatable bonds is 9. The highest BCUT2D eigenvalue weighted by atomic mass is 19.1. The number of carbonyl (C=O) groups excluding carboxylic acids is 2. The van der Waals surface area contributed by atoms with E-state index in [0.29, 0.717) is 39.1 Å². The van der Waals surface area contributed by atoms with Crippen molar-refractivity contribution in [1.29, 1.82) is 0 Å². The summed E-state index contributed by atoms with van der Waals surface area (Å²) in [5, 5.41) is 8.81. The lowest BCUT2D eigenvalue weighted by atomic mass is 10.1. The van der Waals surface area contributed by atoms with Crippen LogP contribution in [0.5, 0.6) is 5.75 Å². The van der Waals surface area contributed by atoms with E-state index in [4.69, 9.17) is 4.74 Å². The first-order valence-electron chi connectivity index (χ1n) is 13.6. The van der Waals surface area contributed by atoms with Gasteiger partial charge in [0, 0.05) is 43.9 Å². The van der Waals surface area contributed by atoms with Crippen LogP contribution in [0.4, 0.5) is 10.2 Å². The van der Waals surface area contributed by atoms with Crippen LogP contribution >= 0.6 is 0 Å². The minimum atomic E-state index is -0.485. The number of methoxy groups -OCH3 is 1. The number of anilines is 1. The van der Waals surface area contributed by atoms with Crippen molar-refractivity contribution in [2.24, 2.45) is 0 Å². The lowest BCUT2D eigenvalue weighted by molar-refractivity contribution is -0.132. The van der Waals surface area contributed by atoms with Gasteiger partial charge in [0.2, 0.25) is 5.91 Å². The summed E-state index contributed by atoms with van der Waals surface area (Å²) in [4.78, 5) is 32.0. The van der Waals surface area contributed by atoms with Crippen LogP contribution in [0.15, 0.2) is 91.0 Å². The Morgan fingerprint density at radius 3 is 2.37 bits per heavy atom. The predicted molar refractivity (Wildman–Crippen MR) is 155 cm³/mol. The molecule has 0 aliphatic carbocycles. The lowest BCUT2D eigenvalue weighted by Gasteiger charge is -2.36. The quantitative estimate of drug-likeness (QED) is 0.307. The first-order chi connectivity index (χ1) is 20.0. The van der Waals surface area contributed by atoms with Crippen LogP contribution in [0, 0.1) is 5.82 Å². The van der Waals surface area contributed by atoms with Gasteiger partial charge in [0.15, 0.2) is 5.82 Å². The van der Waals surface area contributed by atoms with Gasteiger partial charge in [-0.1, -0.05) is 48.5 Å². The Bertz CT molecular complexity index is 1470. The number of aromatic nitrogens is 2. The van der Waals surface area contributed by atoms with Crippen molar-refractivity contribution < 1.29 is 18.7 Å². The summed E-state index contributed by atoms with van der Waals surface area (Å²) in [5.41, 5.74) is 2.96. The molecule has 0 atom stereocenters. The number of piperazine rings is 1. The molecule has 2 heterocycles. The van der Waals surface area contributed by atoms with Crippen molar-refractivity contribution in [2.75, 3.05) is 51.3 Å². The van der Waals surface area contributed by atoms with Gasteiger partial charge in [-0.25, -0.2) is 4.39 Å². The zero-order chi connectivity index (χ0) is 28.6. The van der Waals surface area contributed by atoms with E-state index in [0.717, 1.165) is 28.4 Å². The molecule has 1 saturated heterocycles. The molecule has 1 fully saturated rings. The molecule has 0 spiro atoms. The SMILES string of the molecule is COc1cccc(-c2ccc(N3CCN(C(=O)CN(CCc4ccccc4)C(=O)c4cccc(F)c4)CC3)nn2)c1. The molecule has 3 aromatic carbocycles. The largest absolute Gasteiger partial charge is 0.497 e. The second-order valence-corrected chi connectivity index (χ2v) is 9.85. The number of hydrogen-bond acceptors (Lipinski definition) is 6. The van der Waals surface area contributed by atoms with Gasteiger partial charge in [0.05, 0.1) is 12.8 Å². The van der Waals surface area contributed by atoms with Crippen molar-refractivity contribution in [3.05, 3.63) is 108 Å². The molecular formula is C32H32FN5O3. The van der Waals surface area contributed by atoms with Gasteiger partial charge in [-0.15, -0.1) is 10.2 Å². The number of nitrogens with zero attached hydrogens (tertiary/aromatic N) is 5. The third kappa shape index (κ3) is 7.05. The zero-order valence-corrected chi connectivity index (χ0v) is 22.9. The predicted octanol–water partition coefficient (Wildman–Crippen LogP) is 4.33. The first-order valence-corrected chi connectivity index (χ1v) is 13.6. The second kappa shape index (κ2) is 13.0. The summed E-state index contributed by atoms with van der Waals surface area (Å²) in [6.45, 7) is 2.47. The van der Waals surface area contributed by atoms with Crippen molar-refractivity contribution in [1.82, 2.24) is 20.0 Å². The molecule has 4 aromatic rings. The third-order valence-electron chi connectivity index (χ3n) is 7.17. The molecule has 8 nitrogen and oxygen atoms in total. The van der Waals surface area contributed by atoms with Crippen molar-refractivity contribution in [2.45, 2.75) is 6.42 Å². The molecule has 0 bridgehead atoms. The molecule has 2 amide bonds. The van der Waals surface area contributed by atoms with E-state index in [1.807, 2.05) is 66.7 Å². The molecule has 1 aliphatic heterocycles. The van der Waals surface area contributed by atoms with E-state index >= 15 is 0 Å². The first kappa shape index (κ1) is 27.8. The van der Waals surface area contributed by atoms with Crippen molar-refractivity contribution in [3.63, 3.8) is 0 Å². The molecule has 9 heteroatoms. The van der Waals surface area contributed by atoms with Crippen molar-refractivity contribution >= 4 is 17.6 Å². The van der Waals surface area contributed by atoms with Gasteiger partial charge in [0.25, 0.3) is 5.91 Å². The maximum atomic E-state index is 13.8. The van der Waals surface area contributed by atoms with Crippen LogP contribution in [0.2, 0.25) is 0 Å². The Morgan fingerprint density at radius 2 is 1.66 bits per heavy atom.